The lowest BCUT2D eigenvalue weighted by atomic mass is 10.3. The van der Waals surface area contributed by atoms with Gasteiger partial charge >= 0.3 is 11.7 Å². The second-order valence-corrected chi connectivity index (χ2v) is 3.11. The van der Waals surface area contributed by atoms with Crippen LogP contribution >= 0.6 is 0 Å². The van der Waals surface area contributed by atoms with Crippen LogP contribution in [0, 0.1) is 0 Å². The first kappa shape index (κ1) is 9.32. The molecular weight excluding hydrogens is 200 g/mol. The minimum absolute atomic E-state index is 0.0133. The van der Waals surface area contributed by atoms with Crippen molar-refractivity contribution < 1.29 is 15.0 Å². The largest absolute Gasteiger partial charge is 0.508 e. The zero-order chi connectivity index (χ0) is 11.0. The molecule has 0 saturated heterocycles. The first-order valence-corrected chi connectivity index (χ1v) is 4.21. The van der Waals surface area contributed by atoms with E-state index < -0.39 is 18.2 Å². The number of phenols is 1. The molecule has 1 aromatic carbocycles. The predicted molar refractivity (Wildman–Crippen MR) is 51.9 cm³/mol. The van der Waals surface area contributed by atoms with Crippen LogP contribution in [-0.4, -0.2) is 25.7 Å². The molecule has 0 radical (unpaired) electrons. The van der Waals surface area contributed by atoms with E-state index >= 15 is 0 Å². The Labute approximate surface area is 83.4 Å². The summed E-state index contributed by atoms with van der Waals surface area (Å²) in [4.78, 5) is 24.4. The fourth-order valence-corrected chi connectivity index (χ4v) is 1.43. The summed E-state index contributed by atoms with van der Waals surface area (Å²) in [7, 11) is 0. The molecule has 0 atom stereocenters. The highest BCUT2D eigenvalue weighted by Crippen LogP contribution is 2.16. The summed E-state index contributed by atoms with van der Waals surface area (Å²) in [5, 5.41) is 17.8. The number of carboxylic acid groups (broad SMARTS) is 1. The normalized spacial score (nSPS) is 10.7. The number of aliphatic carboxylic acids is 1. The molecule has 1 aromatic heterocycles. The first-order valence-electron chi connectivity index (χ1n) is 4.21. The third-order valence-electron chi connectivity index (χ3n) is 2.05. The van der Waals surface area contributed by atoms with Crippen LogP contribution in [-0.2, 0) is 11.3 Å². The molecule has 78 valence electrons. The molecule has 0 aliphatic carbocycles. The number of carboxylic acids is 1. The highest BCUT2D eigenvalue weighted by atomic mass is 16.4. The number of H-pyrrole nitrogens is 1. The number of benzene rings is 1. The van der Waals surface area contributed by atoms with Gasteiger partial charge in [0.05, 0.1) is 11.0 Å². The van der Waals surface area contributed by atoms with Gasteiger partial charge in [-0.2, -0.15) is 0 Å². The summed E-state index contributed by atoms with van der Waals surface area (Å²) < 4.78 is 1.05. The fourth-order valence-electron chi connectivity index (χ4n) is 1.43. The van der Waals surface area contributed by atoms with Crippen molar-refractivity contribution in [1.29, 1.82) is 0 Å². The van der Waals surface area contributed by atoms with Crippen LogP contribution in [0.2, 0.25) is 0 Å². The minimum atomic E-state index is -1.11. The molecule has 0 aliphatic rings. The quantitative estimate of drug-likeness (QED) is 0.653. The average molecular weight is 208 g/mol. The third kappa shape index (κ3) is 1.56. The lowest BCUT2D eigenvalue weighted by Crippen LogP contribution is -2.21. The Morgan fingerprint density at radius 1 is 1.47 bits per heavy atom. The summed E-state index contributed by atoms with van der Waals surface area (Å²) in [5.41, 5.74) is 0.374. The number of carbonyl (C=O) groups is 1. The smallest absolute Gasteiger partial charge is 0.327 e. The molecule has 2 rings (SSSR count). The summed E-state index contributed by atoms with van der Waals surface area (Å²) in [6.07, 6.45) is 0. The van der Waals surface area contributed by atoms with Gasteiger partial charge in [-0.25, -0.2) is 4.79 Å². The Kier molecular flexibility index (Phi) is 1.96. The zero-order valence-corrected chi connectivity index (χ0v) is 7.60. The molecule has 3 N–H and O–H groups in total. The van der Waals surface area contributed by atoms with E-state index in [9.17, 15) is 14.7 Å². The summed E-state index contributed by atoms with van der Waals surface area (Å²) >= 11 is 0. The molecule has 6 nitrogen and oxygen atoms in total. The monoisotopic (exact) mass is 208 g/mol. The molecule has 2 aromatic rings. The Bertz CT molecular complexity index is 581. The topological polar surface area (TPSA) is 95.3 Å². The van der Waals surface area contributed by atoms with Crippen molar-refractivity contribution in [3.8, 4) is 5.75 Å². The van der Waals surface area contributed by atoms with Crippen molar-refractivity contribution >= 4 is 17.0 Å². The number of imidazole rings is 1. The van der Waals surface area contributed by atoms with Gasteiger partial charge in [0.15, 0.2) is 0 Å². The van der Waals surface area contributed by atoms with Gasteiger partial charge in [0.1, 0.15) is 12.3 Å². The van der Waals surface area contributed by atoms with E-state index in [0.29, 0.717) is 11.0 Å². The van der Waals surface area contributed by atoms with Gasteiger partial charge in [0.2, 0.25) is 0 Å². The average Bonchev–Trinajstić information content (AvgIpc) is 2.43. The lowest BCUT2D eigenvalue weighted by molar-refractivity contribution is -0.137. The first-order chi connectivity index (χ1) is 7.08. The molecule has 0 spiro atoms. The number of fused-ring (bicyclic) bond motifs is 1. The van der Waals surface area contributed by atoms with E-state index in [1.807, 2.05) is 0 Å². The van der Waals surface area contributed by atoms with Crippen molar-refractivity contribution in [2.45, 2.75) is 6.54 Å². The molecule has 0 aliphatic heterocycles. The third-order valence-corrected chi connectivity index (χ3v) is 2.05. The molecule has 0 bridgehead atoms. The van der Waals surface area contributed by atoms with E-state index in [2.05, 4.69) is 4.98 Å². The van der Waals surface area contributed by atoms with Gasteiger partial charge in [0, 0.05) is 6.07 Å². The van der Waals surface area contributed by atoms with Crippen LogP contribution in [0.3, 0.4) is 0 Å². The maximum Gasteiger partial charge on any atom is 0.327 e. The van der Waals surface area contributed by atoms with E-state index in [0.717, 1.165) is 4.57 Å². The highest BCUT2D eigenvalue weighted by molar-refractivity contribution is 5.78. The van der Waals surface area contributed by atoms with Gasteiger partial charge in [-0.05, 0) is 12.1 Å². The second kappa shape index (κ2) is 3.16. The SMILES string of the molecule is O=C(O)Cn1c(=O)[nH]c2ccc(O)cc21. The summed E-state index contributed by atoms with van der Waals surface area (Å²) in [6.45, 7) is -0.428. The van der Waals surface area contributed by atoms with E-state index in [4.69, 9.17) is 5.11 Å². The van der Waals surface area contributed by atoms with Gasteiger partial charge in [-0.15, -0.1) is 0 Å². The molecule has 0 saturated carbocycles. The summed E-state index contributed by atoms with van der Waals surface area (Å²) in [6, 6.07) is 4.28. The Morgan fingerprint density at radius 3 is 2.87 bits per heavy atom. The van der Waals surface area contributed by atoms with Crippen LogP contribution in [0.4, 0.5) is 0 Å². The lowest BCUT2D eigenvalue weighted by Gasteiger charge is -1.98. The molecule has 15 heavy (non-hydrogen) atoms. The van der Waals surface area contributed by atoms with Gasteiger partial charge < -0.3 is 15.2 Å². The van der Waals surface area contributed by atoms with Crippen molar-refractivity contribution in [3.05, 3.63) is 28.7 Å². The van der Waals surface area contributed by atoms with E-state index in [1.54, 1.807) is 0 Å². The van der Waals surface area contributed by atoms with Crippen LogP contribution in [0.15, 0.2) is 23.0 Å². The Balaban J connectivity index is 2.70. The van der Waals surface area contributed by atoms with Crippen LogP contribution < -0.4 is 5.69 Å². The van der Waals surface area contributed by atoms with Crippen LogP contribution in [0.5, 0.6) is 5.75 Å². The maximum absolute atomic E-state index is 11.3. The molecule has 1 heterocycles. The zero-order valence-electron chi connectivity index (χ0n) is 7.60. The number of rotatable bonds is 2. The highest BCUT2D eigenvalue weighted by Gasteiger charge is 2.09. The predicted octanol–water partition coefficient (Wildman–Crippen LogP) is 0.120. The van der Waals surface area contributed by atoms with Crippen molar-refractivity contribution in [2.24, 2.45) is 0 Å². The van der Waals surface area contributed by atoms with E-state index in [-0.39, 0.29) is 5.75 Å². The number of hydrogen-bond acceptors (Lipinski definition) is 3. The summed E-state index contributed by atoms with van der Waals surface area (Å²) in [5.74, 6) is -1.12. The standard InChI is InChI=1S/C9H8N2O4/c12-5-1-2-6-7(3-5)11(4-8(13)14)9(15)10-6/h1-3,12H,4H2,(H,10,15)(H,13,14). The van der Waals surface area contributed by atoms with E-state index in [1.165, 1.54) is 18.2 Å². The number of aromatic nitrogens is 2. The van der Waals surface area contributed by atoms with Crippen molar-refractivity contribution in [1.82, 2.24) is 9.55 Å². The molecule has 6 heteroatoms. The maximum atomic E-state index is 11.3. The number of aromatic hydroxyl groups is 1. The number of hydrogen-bond donors (Lipinski definition) is 3. The second-order valence-electron chi connectivity index (χ2n) is 3.11. The fraction of sp³-hybridized carbons (Fsp3) is 0.111. The molecular formula is C9H8N2O4. The Hall–Kier alpha value is -2.24. The Morgan fingerprint density at radius 2 is 2.20 bits per heavy atom. The number of nitrogens with one attached hydrogen (secondary N) is 1. The van der Waals surface area contributed by atoms with Gasteiger partial charge in [-0.1, -0.05) is 0 Å². The number of nitrogens with zero attached hydrogens (tertiary/aromatic N) is 1. The molecule has 0 unspecified atom stereocenters. The van der Waals surface area contributed by atoms with Crippen molar-refractivity contribution in [2.75, 3.05) is 0 Å². The van der Waals surface area contributed by atoms with Crippen LogP contribution in [0.25, 0.3) is 11.0 Å². The minimum Gasteiger partial charge on any atom is -0.508 e. The number of phenolic OH excluding ortho intramolecular Hbond substituents is 1. The van der Waals surface area contributed by atoms with Crippen molar-refractivity contribution in [3.63, 3.8) is 0 Å². The number of aromatic amines is 1. The molecule has 0 fully saturated rings. The van der Waals surface area contributed by atoms with Gasteiger partial charge in [-0.3, -0.25) is 9.36 Å². The van der Waals surface area contributed by atoms with Crippen LogP contribution in [0.1, 0.15) is 0 Å². The van der Waals surface area contributed by atoms with Gasteiger partial charge in [0.25, 0.3) is 0 Å². The molecule has 0 amide bonds.